The van der Waals surface area contributed by atoms with Gasteiger partial charge in [-0.1, -0.05) is 43.0 Å². The standard InChI is InChI=1S/C19H13F2NS/c1-2-3-4-14-5-7-15(8-6-14)9-10-16-11-17(20)19(22-13-23)18(21)12-16/h3-8,11-12H,2H2,1H3/b4-3+. The fourth-order valence-corrected chi connectivity index (χ4v) is 1.96. The van der Waals surface area contributed by atoms with Gasteiger partial charge in [0.25, 0.3) is 0 Å². The van der Waals surface area contributed by atoms with Crippen LogP contribution in [-0.4, -0.2) is 5.16 Å². The van der Waals surface area contributed by atoms with E-state index in [4.69, 9.17) is 0 Å². The molecule has 0 aliphatic rings. The quantitative estimate of drug-likeness (QED) is 0.411. The van der Waals surface area contributed by atoms with Gasteiger partial charge in [-0.2, -0.15) is 4.99 Å². The number of nitrogens with zero attached hydrogens (tertiary/aromatic N) is 1. The van der Waals surface area contributed by atoms with Crippen LogP contribution in [0.25, 0.3) is 6.08 Å². The maximum Gasteiger partial charge on any atom is 0.153 e. The summed E-state index contributed by atoms with van der Waals surface area (Å²) in [5.41, 5.74) is 1.63. The van der Waals surface area contributed by atoms with Crippen molar-refractivity contribution in [2.75, 3.05) is 0 Å². The molecule has 114 valence electrons. The number of hydrogen-bond acceptors (Lipinski definition) is 2. The van der Waals surface area contributed by atoms with Crippen molar-refractivity contribution in [3.63, 3.8) is 0 Å². The summed E-state index contributed by atoms with van der Waals surface area (Å²) in [5, 5.41) is 1.95. The molecule has 2 aromatic carbocycles. The molecule has 0 aliphatic carbocycles. The molecule has 0 unspecified atom stereocenters. The van der Waals surface area contributed by atoms with E-state index in [9.17, 15) is 8.78 Å². The molecule has 2 aromatic rings. The average molecular weight is 325 g/mol. The first-order valence-electron chi connectivity index (χ1n) is 6.99. The van der Waals surface area contributed by atoms with Gasteiger partial charge in [0.1, 0.15) is 5.69 Å². The highest BCUT2D eigenvalue weighted by Crippen LogP contribution is 2.23. The van der Waals surface area contributed by atoms with Crippen LogP contribution >= 0.6 is 12.2 Å². The van der Waals surface area contributed by atoms with Crippen LogP contribution in [0.1, 0.15) is 30.0 Å². The van der Waals surface area contributed by atoms with Gasteiger partial charge < -0.3 is 0 Å². The maximum absolute atomic E-state index is 13.7. The van der Waals surface area contributed by atoms with Crippen molar-refractivity contribution in [2.45, 2.75) is 13.3 Å². The lowest BCUT2D eigenvalue weighted by Crippen LogP contribution is -1.86. The van der Waals surface area contributed by atoms with Gasteiger partial charge in [-0.15, -0.1) is 0 Å². The van der Waals surface area contributed by atoms with Gasteiger partial charge >= 0.3 is 0 Å². The zero-order chi connectivity index (χ0) is 16.7. The van der Waals surface area contributed by atoms with E-state index in [0.717, 1.165) is 29.7 Å². The summed E-state index contributed by atoms with van der Waals surface area (Å²) in [6.45, 7) is 2.07. The fraction of sp³-hybridized carbons (Fsp3) is 0.105. The summed E-state index contributed by atoms with van der Waals surface area (Å²) in [5.74, 6) is 3.99. The number of isothiocyanates is 1. The Morgan fingerprint density at radius 1 is 1.04 bits per heavy atom. The number of aliphatic imine (C=N–C) groups is 1. The Morgan fingerprint density at radius 3 is 2.22 bits per heavy atom. The fourth-order valence-electron chi connectivity index (χ4n) is 1.87. The predicted molar refractivity (Wildman–Crippen MR) is 92.8 cm³/mol. The van der Waals surface area contributed by atoms with Crippen molar-refractivity contribution < 1.29 is 8.78 Å². The first-order chi connectivity index (χ1) is 11.1. The normalized spacial score (nSPS) is 10.0. The lowest BCUT2D eigenvalue weighted by Gasteiger charge is -1.98. The van der Waals surface area contributed by atoms with E-state index in [1.807, 2.05) is 35.5 Å². The average Bonchev–Trinajstić information content (AvgIpc) is 2.55. The third-order valence-corrected chi connectivity index (χ3v) is 3.07. The van der Waals surface area contributed by atoms with Gasteiger partial charge in [0.15, 0.2) is 11.6 Å². The molecule has 2 rings (SSSR count). The molecule has 1 nitrogen and oxygen atoms in total. The molecule has 0 heterocycles. The number of hydrogen-bond donors (Lipinski definition) is 0. The molecular formula is C19H13F2NS. The monoisotopic (exact) mass is 325 g/mol. The second-order valence-corrected chi connectivity index (χ2v) is 4.86. The Hall–Kier alpha value is -2.60. The summed E-state index contributed by atoms with van der Waals surface area (Å²) in [6.07, 6.45) is 5.07. The number of benzene rings is 2. The van der Waals surface area contributed by atoms with Gasteiger partial charge in [0.05, 0.1) is 5.16 Å². The molecule has 0 saturated heterocycles. The zero-order valence-electron chi connectivity index (χ0n) is 12.4. The Bertz CT molecular complexity index is 813. The van der Waals surface area contributed by atoms with E-state index in [1.54, 1.807) is 0 Å². The maximum atomic E-state index is 13.7. The van der Waals surface area contributed by atoms with Crippen LogP contribution in [0, 0.1) is 23.5 Å². The van der Waals surface area contributed by atoms with Crippen LogP contribution < -0.4 is 0 Å². The van der Waals surface area contributed by atoms with E-state index in [1.165, 1.54) is 0 Å². The lowest BCUT2D eigenvalue weighted by atomic mass is 10.1. The Labute approximate surface area is 139 Å². The molecule has 0 saturated carbocycles. The summed E-state index contributed by atoms with van der Waals surface area (Å²) in [6, 6.07) is 9.85. The molecule has 23 heavy (non-hydrogen) atoms. The molecule has 0 radical (unpaired) electrons. The minimum atomic E-state index is -0.813. The highest BCUT2D eigenvalue weighted by atomic mass is 32.1. The Kier molecular flexibility index (Phi) is 5.94. The molecule has 0 bridgehead atoms. The first-order valence-corrected chi connectivity index (χ1v) is 7.40. The number of thiocarbonyl (C=S) groups is 1. The second-order valence-electron chi connectivity index (χ2n) is 4.67. The largest absolute Gasteiger partial charge is 0.204 e. The van der Waals surface area contributed by atoms with E-state index >= 15 is 0 Å². The van der Waals surface area contributed by atoms with Crippen molar-refractivity contribution in [3.05, 3.63) is 70.8 Å². The molecule has 0 atom stereocenters. The Morgan fingerprint density at radius 2 is 1.65 bits per heavy atom. The van der Waals surface area contributed by atoms with Crippen molar-refractivity contribution in [1.29, 1.82) is 0 Å². The number of rotatable bonds is 3. The second kappa shape index (κ2) is 8.14. The highest BCUT2D eigenvalue weighted by molar-refractivity contribution is 7.78. The van der Waals surface area contributed by atoms with Crippen LogP contribution in [0.15, 0.2) is 47.5 Å². The van der Waals surface area contributed by atoms with Crippen LogP contribution in [-0.2, 0) is 0 Å². The molecule has 0 amide bonds. The topological polar surface area (TPSA) is 12.4 Å². The molecule has 0 aliphatic heterocycles. The number of allylic oxidation sites excluding steroid dienone is 1. The molecule has 0 aromatic heterocycles. The van der Waals surface area contributed by atoms with Crippen LogP contribution in [0.4, 0.5) is 14.5 Å². The summed E-state index contributed by atoms with van der Waals surface area (Å²) in [7, 11) is 0. The van der Waals surface area contributed by atoms with E-state index in [0.29, 0.717) is 0 Å². The highest BCUT2D eigenvalue weighted by Gasteiger charge is 2.09. The van der Waals surface area contributed by atoms with Gasteiger partial charge in [-0.05, 0) is 48.5 Å². The molecule has 0 spiro atoms. The zero-order valence-corrected chi connectivity index (χ0v) is 13.3. The predicted octanol–water partition coefficient (Wildman–Crippen LogP) is 5.52. The minimum Gasteiger partial charge on any atom is -0.204 e. The van der Waals surface area contributed by atoms with Gasteiger partial charge in [0.2, 0.25) is 0 Å². The van der Waals surface area contributed by atoms with Crippen LogP contribution in [0.2, 0.25) is 0 Å². The summed E-state index contributed by atoms with van der Waals surface area (Å²) < 4.78 is 27.4. The molecule has 4 heteroatoms. The molecule has 0 fully saturated rings. The van der Waals surface area contributed by atoms with Gasteiger partial charge in [-0.3, -0.25) is 0 Å². The summed E-state index contributed by atoms with van der Waals surface area (Å²) in [4.78, 5) is 3.36. The van der Waals surface area contributed by atoms with Crippen molar-refractivity contribution in [1.82, 2.24) is 0 Å². The van der Waals surface area contributed by atoms with E-state index in [-0.39, 0.29) is 5.56 Å². The SMILES string of the molecule is CC/C=C/c1ccc(C#Cc2cc(F)c(N=C=S)c(F)c2)cc1. The van der Waals surface area contributed by atoms with Crippen molar-refractivity contribution in [3.8, 4) is 11.8 Å². The van der Waals surface area contributed by atoms with Crippen LogP contribution in [0.5, 0.6) is 0 Å². The van der Waals surface area contributed by atoms with Crippen molar-refractivity contribution in [2.24, 2.45) is 4.99 Å². The van der Waals surface area contributed by atoms with Gasteiger partial charge in [-0.25, -0.2) is 8.78 Å². The number of halogens is 2. The third kappa shape index (κ3) is 4.69. The Balaban J connectivity index is 2.25. The van der Waals surface area contributed by atoms with Crippen molar-refractivity contribution >= 4 is 29.1 Å². The van der Waals surface area contributed by atoms with Gasteiger partial charge in [0, 0.05) is 11.1 Å². The third-order valence-electron chi connectivity index (χ3n) is 2.98. The smallest absolute Gasteiger partial charge is 0.153 e. The minimum absolute atomic E-state index is 0.235. The first kappa shape index (κ1) is 16.8. The summed E-state index contributed by atoms with van der Waals surface area (Å²) >= 11 is 4.36. The van der Waals surface area contributed by atoms with E-state index in [2.05, 4.69) is 42.1 Å². The molecule has 0 N–H and O–H groups in total. The lowest BCUT2D eigenvalue weighted by molar-refractivity contribution is 0.587. The van der Waals surface area contributed by atoms with E-state index < -0.39 is 17.3 Å². The van der Waals surface area contributed by atoms with Crippen LogP contribution in [0.3, 0.4) is 0 Å². The molecular weight excluding hydrogens is 312 g/mol.